The Hall–Kier alpha value is -1.34. The molecule has 0 bridgehead atoms. The number of nitrogens with zero attached hydrogens (tertiary/aromatic N) is 1. The smallest absolute Gasteiger partial charge is 0.273 e. The molecule has 0 fully saturated rings. The fourth-order valence-electron chi connectivity index (χ4n) is 1.08. The van der Waals surface area contributed by atoms with Crippen LogP contribution in [0.25, 0.3) is 0 Å². The molecule has 0 saturated carbocycles. The topological polar surface area (TPSA) is 85.4 Å². The van der Waals surface area contributed by atoms with Crippen molar-refractivity contribution in [2.45, 2.75) is 18.4 Å². The van der Waals surface area contributed by atoms with Gasteiger partial charge in [0.25, 0.3) is 10.0 Å². The van der Waals surface area contributed by atoms with Crippen LogP contribution in [0.3, 0.4) is 0 Å². The van der Waals surface area contributed by atoms with Crippen molar-refractivity contribution in [3.8, 4) is 0 Å². The van der Waals surface area contributed by atoms with Gasteiger partial charge in [0.15, 0.2) is 12.3 Å². The summed E-state index contributed by atoms with van der Waals surface area (Å²) in [6, 6.07) is 2.74. The lowest BCUT2D eigenvalue weighted by molar-refractivity contribution is -0.452. The van der Waals surface area contributed by atoms with Crippen LogP contribution in [-0.4, -0.2) is 33.0 Å². The number of sulfonamides is 1. The van der Waals surface area contributed by atoms with E-state index in [1.807, 2.05) is 6.92 Å². The molecule has 1 aromatic rings. The summed E-state index contributed by atoms with van der Waals surface area (Å²) in [5, 5.41) is 11.0. The maximum atomic E-state index is 11.3. The van der Waals surface area contributed by atoms with Gasteiger partial charge < -0.3 is 9.62 Å². The van der Waals surface area contributed by atoms with E-state index in [-0.39, 0.29) is 10.9 Å². The predicted octanol–water partition coefficient (Wildman–Crippen LogP) is 0.527. The molecule has 0 atom stereocenters. The van der Waals surface area contributed by atoms with E-state index < -0.39 is 10.0 Å². The van der Waals surface area contributed by atoms with Crippen molar-refractivity contribution in [3.05, 3.63) is 23.1 Å². The third kappa shape index (κ3) is 3.07. The third-order valence-corrected chi connectivity index (χ3v) is 3.14. The van der Waals surface area contributed by atoms with E-state index in [0.29, 0.717) is 17.7 Å². The summed E-state index contributed by atoms with van der Waals surface area (Å²) in [5.41, 5.74) is 0. The molecule has 7 heteroatoms. The minimum absolute atomic E-state index is 0.203. The first-order chi connectivity index (χ1) is 7.49. The Morgan fingerprint density at radius 3 is 2.81 bits per heavy atom. The molecule has 0 spiro atoms. The highest BCUT2D eigenvalue weighted by molar-refractivity contribution is 7.89. The molecule has 1 heterocycles. The molecule has 0 amide bonds. The molecule has 1 rings (SSSR count). The van der Waals surface area contributed by atoms with Crippen LogP contribution in [0.1, 0.15) is 19.1 Å². The molecule has 6 nitrogen and oxygen atoms in total. The van der Waals surface area contributed by atoms with E-state index in [2.05, 4.69) is 4.72 Å². The zero-order valence-electron chi connectivity index (χ0n) is 9.13. The van der Waals surface area contributed by atoms with Gasteiger partial charge in [-0.3, -0.25) is 0 Å². The zero-order valence-corrected chi connectivity index (χ0v) is 9.95. The average Bonchev–Trinajstić information content (AvgIpc) is 2.67. The van der Waals surface area contributed by atoms with Crippen LogP contribution in [0.4, 0.5) is 0 Å². The highest BCUT2D eigenvalue weighted by Gasteiger charge is 2.16. The Morgan fingerprint density at radius 1 is 1.56 bits per heavy atom. The van der Waals surface area contributed by atoms with Crippen LogP contribution in [0, 0.1) is 5.21 Å². The summed E-state index contributed by atoms with van der Waals surface area (Å²) in [6.07, 6.45) is 1.93. The molecule has 0 aliphatic carbocycles. The van der Waals surface area contributed by atoms with Gasteiger partial charge in [0, 0.05) is 6.42 Å². The quantitative estimate of drug-likeness (QED) is 0.355. The first kappa shape index (κ1) is 12.7. The molecule has 0 aliphatic rings. The van der Waals surface area contributed by atoms with Gasteiger partial charge in [0.2, 0.25) is 11.3 Å². The largest absolute Gasteiger partial charge is 0.624 e. The molecule has 0 aromatic carbocycles. The number of hydrogen-bond donors (Lipinski definition) is 1. The fraction of sp³-hybridized carbons (Fsp3) is 0.444. The molecule has 1 aromatic heterocycles. The lowest BCUT2D eigenvalue weighted by Gasteiger charge is -1.99. The van der Waals surface area contributed by atoms with Crippen molar-refractivity contribution in [2.75, 3.05) is 13.6 Å². The van der Waals surface area contributed by atoms with E-state index in [9.17, 15) is 13.6 Å². The summed E-state index contributed by atoms with van der Waals surface area (Å²) < 4.78 is 30.5. The Bertz CT molecular complexity index is 475. The molecule has 1 N–H and O–H groups in total. The van der Waals surface area contributed by atoms with Gasteiger partial charge in [0.1, 0.15) is 0 Å². The van der Waals surface area contributed by atoms with Crippen molar-refractivity contribution < 1.29 is 17.6 Å². The third-order valence-electron chi connectivity index (χ3n) is 1.85. The summed E-state index contributed by atoms with van der Waals surface area (Å²) >= 11 is 0. The maximum absolute atomic E-state index is 11.3. The molecular weight excluding hydrogens is 232 g/mol. The summed E-state index contributed by atoms with van der Waals surface area (Å²) in [5.74, 6) is 0.220. The van der Waals surface area contributed by atoms with Crippen molar-refractivity contribution in [2.24, 2.45) is 0 Å². The van der Waals surface area contributed by atoms with Crippen molar-refractivity contribution in [1.29, 1.82) is 0 Å². The van der Waals surface area contributed by atoms with Crippen molar-refractivity contribution in [3.63, 3.8) is 0 Å². The Morgan fingerprint density at radius 2 is 2.25 bits per heavy atom. The molecule has 0 radical (unpaired) electrons. The SMILES string of the molecule is CCC[N+]([O-])=Cc1ccc(S(=O)(=O)NC)o1. The molecule has 0 unspecified atom stereocenters. The zero-order chi connectivity index (χ0) is 12.2. The summed E-state index contributed by atoms with van der Waals surface area (Å²) in [6.45, 7) is 2.21. The maximum Gasteiger partial charge on any atom is 0.273 e. The van der Waals surface area contributed by atoms with Gasteiger partial charge in [-0.25, -0.2) is 17.9 Å². The van der Waals surface area contributed by atoms with Crippen LogP contribution < -0.4 is 4.72 Å². The Balaban J connectivity index is 2.92. The van der Waals surface area contributed by atoms with Crippen LogP contribution in [-0.2, 0) is 10.0 Å². The van der Waals surface area contributed by atoms with Gasteiger partial charge >= 0.3 is 0 Å². The molecule has 90 valence electrons. The Kier molecular flexibility index (Phi) is 4.08. The minimum atomic E-state index is -3.58. The number of hydroxylamine groups is 1. The number of rotatable bonds is 5. The van der Waals surface area contributed by atoms with Gasteiger partial charge in [-0.05, 0) is 19.2 Å². The van der Waals surface area contributed by atoms with Gasteiger partial charge in [0.05, 0.1) is 0 Å². The van der Waals surface area contributed by atoms with Crippen LogP contribution in [0.2, 0.25) is 0 Å². The normalized spacial score (nSPS) is 13.0. The van der Waals surface area contributed by atoms with Crippen molar-refractivity contribution >= 4 is 16.2 Å². The standard InChI is InChI=1S/C9H14N2O4S/c1-3-6-11(12)7-8-4-5-9(15-8)16(13,14)10-2/h4-5,7,10H,3,6H2,1-2H3. The fourth-order valence-corrected chi connectivity index (χ4v) is 1.73. The second-order valence-corrected chi connectivity index (χ2v) is 4.95. The van der Waals surface area contributed by atoms with Crippen molar-refractivity contribution in [1.82, 2.24) is 4.72 Å². The molecular formula is C9H14N2O4S. The first-order valence-electron chi connectivity index (χ1n) is 4.81. The van der Waals surface area contributed by atoms with Gasteiger partial charge in [-0.2, -0.15) is 0 Å². The average molecular weight is 246 g/mol. The highest BCUT2D eigenvalue weighted by Crippen LogP contribution is 2.11. The molecule has 0 saturated heterocycles. The highest BCUT2D eigenvalue weighted by atomic mass is 32.2. The summed E-state index contributed by atoms with van der Waals surface area (Å²) in [7, 11) is -2.29. The van der Waals surface area contributed by atoms with E-state index in [1.165, 1.54) is 25.4 Å². The monoisotopic (exact) mass is 246 g/mol. The first-order valence-corrected chi connectivity index (χ1v) is 6.30. The number of furan rings is 1. The van der Waals surface area contributed by atoms with Gasteiger partial charge in [-0.15, -0.1) is 0 Å². The minimum Gasteiger partial charge on any atom is -0.624 e. The van der Waals surface area contributed by atoms with E-state index >= 15 is 0 Å². The van der Waals surface area contributed by atoms with E-state index in [0.717, 1.165) is 0 Å². The number of hydrogen-bond acceptors (Lipinski definition) is 4. The van der Waals surface area contributed by atoms with E-state index in [4.69, 9.17) is 4.42 Å². The molecule has 16 heavy (non-hydrogen) atoms. The molecule has 0 aliphatic heterocycles. The summed E-state index contributed by atoms with van der Waals surface area (Å²) in [4.78, 5) is 0. The lowest BCUT2D eigenvalue weighted by Crippen LogP contribution is -2.17. The number of nitrogens with one attached hydrogen (secondary N) is 1. The van der Waals surface area contributed by atoms with Gasteiger partial charge in [-0.1, -0.05) is 6.92 Å². The van der Waals surface area contributed by atoms with E-state index in [1.54, 1.807) is 0 Å². The van der Waals surface area contributed by atoms with Crippen LogP contribution in [0.5, 0.6) is 0 Å². The van der Waals surface area contributed by atoms with Crippen LogP contribution in [0.15, 0.2) is 21.6 Å². The second-order valence-electron chi connectivity index (χ2n) is 3.13. The second kappa shape index (κ2) is 5.13. The Labute approximate surface area is 94.2 Å². The lowest BCUT2D eigenvalue weighted by atomic mass is 10.4. The predicted molar refractivity (Wildman–Crippen MR) is 58.9 cm³/mol. The van der Waals surface area contributed by atoms with Crippen LogP contribution >= 0.6 is 0 Å².